The van der Waals surface area contributed by atoms with E-state index in [2.05, 4.69) is 11.8 Å². The Morgan fingerprint density at radius 2 is 1.60 bits per heavy atom. The zero-order valence-corrected chi connectivity index (χ0v) is 14.2. The number of rotatable bonds is 3. The minimum absolute atomic E-state index is 0.184. The van der Waals surface area contributed by atoms with Crippen LogP contribution in [-0.4, -0.2) is 20.4 Å². The molecule has 0 saturated heterocycles. The third-order valence-electron chi connectivity index (χ3n) is 3.22. The molecule has 2 nitrogen and oxygen atoms in total. The first-order chi connectivity index (χ1) is 11.8. The van der Waals surface area contributed by atoms with Gasteiger partial charge in [0, 0.05) is 17.2 Å². The Kier molecular flexibility index (Phi) is 6.00. The summed E-state index contributed by atoms with van der Waals surface area (Å²) in [5.41, 5.74) is 1.25. The fourth-order valence-electron chi connectivity index (χ4n) is 2.00. The summed E-state index contributed by atoms with van der Waals surface area (Å²) in [6, 6.07) is 12.0. The van der Waals surface area contributed by atoms with Crippen molar-refractivity contribution in [1.82, 2.24) is 0 Å². The minimum Gasteiger partial charge on any atom is -0.493 e. The number of ether oxygens (including phenoxy) is 2. The first-order valence-corrected chi connectivity index (χ1v) is 7.50. The van der Waals surface area contributed by atoms with E-state index in [1.807, 2.05) is 18.2 Å². The smallest absolute Gasteiger partial charge is 0.426 e. The summed E-state index contributed by atoms with van der Waals surface area (Å²) in [7, 11) is 2.83. The summed E-state index contributed by atoms with van der Waals surface area (Å²) in [6.07, 6.45) is -3.82. The van der Waals surface area contributed by atoms with Gasteiger partial charge < -0.3 is 9.47 Å². The Hall–Kier alpha value is -2.58. The fourth-order valence-corrected chi connectivity index (χ4v) is 2.12. The van der Waals surface area contributed by atoms with Gasteiger partial charge in [-0.1, -0.05) is 41.6 Å². The van der Waals surface area contributed by atoms with Crippen LogP contribution in [0.15, 0.2) is 47.5 Å². The van der Waals surface area contributed by atoms with E-state index < -0.39 is 11.2 Å². The van der Waals surface area contributed by atoms with Crippen molar-refractivity contribution in [2.24, 2.45) is 0 Å². The highest BCUT2D eigenvalue weighted by atomic mass is 35.5. The van der Waals surface area contributed by atoms with Crippen molar-refractivity contribution in [2.45, 2.75) is 6.18 Å². The summed E-state index contributed by atoms with van der Waals surface area (Å²) in [5.74, 6) is 6.40. The highest BCUT2D eigenvalue weighted by Gasteiger charge is 2.32. The largest absolute Gasteiger partial charge is 0.493 e. The summed E-state index contributed by atoms with van der Waals surface area (Å²) in [4.78, 5) is 0. The summed E-state index contributed by atoms with van der Waals surface area (Å²) in [6.45, 7) is 0. The molecule has 0 amide bonds. The Labute approximate surface area is 148 Å². The molecule has 0 aliphatic carbocycles. The second-order valence-electron chi connectivity index (χ2n) is 4.90. The van der Waals surface area contributed by atoms with Gasteiger partial charge in [0.15, 0.2) is 11.5 Å². The van der Waals surface area contributed by atoms with Crippen LogP contribution in [0.5, 0.6) is 11.5 Å². The number of hydrogen-bond acceptors (Lipinski definition) is 2. The number of allylic oxidation sites excluding steroid dienone is 1. The van der Waals surface area contributed by atoms with Gasteiger partial charge in [0.2, 0.25) is 0 Å². The van der Waals surface area contributed by atoms with Crippen molar-refractivity contribution in [3.05, 3.63) is 64.2 Å². The first-order valence-electron chi connectivity index (χ1n) is 7.12. The highest BCUT2D eigenvalue weighted by molar-refractivity contribution is 6.32. The Balaban J connectivity index is 2.58. The third kappa shape index (κ3) is 4.94. The number of alkyl halides is 3. The molecule has 0 spiro atoms. The van der Waals surface area contributed by atoms with E-state index in [0.717, 1.165) is 11.6 Å². The quantitative estimate of drug-likeness (QED) is 0.691. The molecule has 0 fully saturated rings. The van der Waals surface area contributed by atoms with Crippen LogP contribution < -0.4 is 9.47 Å². The molecule has 2 rings (SSSR count). The average Bonchev–Trinajstić information content (AvgIpc) is 2.60. The van der Waals surface area contributed by atoms with Gasteiger partial charge in [-0.3, -0.25) is 0 Å². The molecule has 130 valence electrons. The van der Waals surface area contributed by atoms with Crippen LogP contribution in [-0.2, 0) is 0 Å². The lowest BCUT2D eigenvalue weighted by molar-refractivity contribution is -0.0836. The van der Waals surface area contributed by atoms with Gasteiger partial charge in [-0.2, -0.15) is 13.2 Å². The van der Waals surface area contributed by atoms with Crippen molar-refractivity contribution >= 4 is 17.7 Å². The second-order valence-corrected chi connectivity index (χ2v) is 5.31. The van der Waals surface area contributed by atoms with Gasteiger partial charge in [0.05, 0.1) is 14.2 Å². The van der Waals surface area contributed by atoms with E-state index in [1.54, 1.807) is 12.1 Å². The van der Waals surface area contributed by atoms with E-state index in [1.165, 1.54) is 26.4 Å². The molecular weight excluding hydrogens is 353 g/mol. The molecule has 0 bridgehead atoms. The molecule has 0 aliphatic heterocycles. The van der Waals surface area contributed by atoms with Crippen molar-refractivity contribution in [3.63, 3.8) is 0 Å². The highest BCUT2D eigenvalue weighted by Crippen LogP contribution is 2.35. The van der Waals surface area contributed by atoms with Crippen LogP contribution in [0.4, 0.5) is 13.2 Å². The summed E-state index contributed by atoms with van der Waals surface area (Å²) >= 11 is 5.37. The molecule has 0 aliphatic rings. The third-order valence-corrected chi connectivity index (χ3v) is 3.55. The van der Waals surface area contributed by atoms with Crippen LogP contribution in [0, 0.1) is 11.8 Å². The predicted octanol–water partition coefficient (Wildman–Crippen LogP) is 5.25. The van der Waals surface area contributed by atoms with Gasteiger partial charge in [-0.15, -0.1) is 0 Å². The van der Waals surface area contributed by atoms with Gasteiger partial charge in [-0.05, 0) is 29.8 Å². The zero-order valence-electron chi connectivity index (χ0n) is 13.4. The van der Waals surface area contributed by atoms with Crippen molar-refractivity contribution in [3.8, 4) is 23.3 Å². The van der Waals surface area contributed by atoms with Crippen LogP contribution in [0.1, 0.15) is 16.7 Å². The second kappa shape index (κ2) is 8.00. The molecule has 0 radical (unpaired) electrons. The summed E-state index contributed by atoms with van der Waals surface area (Å²) < 4.78 is 48.6. The average molecular weight is 367 g/mol. The van der Waals surface area contributed by atoms with Crippen LogP contribution in [0.25, 0.3) is 6.08 Å². The topological polar surface area (TPSA) is 18.5 Å². The van der Waals surface area contributed by atoms with E-state index in [0.29, 0.717) is 11.3 Å². The predicted molar refractivity (Wildman–Crippen MR) is 91.9 cm³/mol. The van der Waals surface area contributed by atoms with Crippen LogP contribution in [0.3, 0.4) is 0 Å². The van der Waals surface area contributed by atoms with Crippen molar-refractivity contribution in [1.29, 1.82) is 0 Å². The molecule has 0 unspecified atom stereocenters. The van der Waals surface area contributed by atoms with Gasteiger partial charge >= 0.3 is 6.18 Å². The number of benzene rings is 2. The summed E-state index contributed by atoms with van der Waals surface area (Å²) in [5, 5.41) is -1.25. The first kappa shape index (κ1) is 18.8. The van der Waals surface area contributed by atoms with Gasteiger partial charge in [0.1, 0.15) is 5.03 Å². The molecule has 0 N–H and O–H groups in total. The SMILES string of the molecule is COc1cc(C#Cc2ccccc2)c(/C=C(\Cl)C(F)(F)F)cc1OC. The fraction of sp³-hybridized carbons (Fsp3) is 0.158. The minimum atomic E-state index is -4.64. The molecule has 0 heterocycles. The molecule has 0 saturated carbocycles. The lowest BCUT2D eigenvalue weighted by Crippen LogP contribution is -2.07. The van der Waals surface area contributed by atoms with E-state index in [9.17, 15) is 13.2 Å². The van der Waals surface area contributed by atoms with Crippen LogP contribution >= 0.6 is 11.6 Å². The van der Waals surface area contributed by atoms with E-state index in [-0.39, 0.29) is 11.3 Å². The van der Waals surface area contributed by atoms with Crippen LogP contribution in [0.2, 0.25) is 0 Å². The maximum Gasteiger partial charge on any atom is 0.426 e. The number of halogens is 4. The van der Waals surface area contributed by atoms with Crippen molar-refractivity contribution in [2.75, 3.05) is 14.2 Å². The van der Waals surface area contributed by atoms with E-state index in [4.69, 9.17) is 21.1 Å². The molecule has 25 heavy (non-hydrogen) atoms. The maximum absolute atomic E-state index is 12.8. The molecule has 0 atom stereocenters. The monoisotopic (exact) mass is 366 g/mol. The van der Waals surface area contributed by atoms with E-state index >= 15 is 0 Å². The molecule has 6 heteroatoms. The van der Waals surface area contributed by atoms with Gasteiger partial charge in [-0.25, -0.2) is 0 Å². The molecule has 0 aromatic heterocycles. The maximum atomic E-state index is 12.8. The molecule has 2 aromatic rings. The standard InChI is InChI=1S/C19H14ClF3O2/c1-24-16-10-14(9-8-13-6-4-3-5-7-13)15(11-17(16)25-2)12-18(20)19(21,22)23/h3-7,10-12H,1-2H3/b18-12-. The normalized spacial score (nSPS) is 11.5. The lowest BCUT2D eigenvalue weighted by Gasteiger charge is -2.11. The Morgan fingerprint density at radius 3 is 2.16 bits per heavy atom. The Bertz CT molecular complexity index is 831. The zero-order chi connectivity index (χ0) is 18.4. The molecule has 2 aromatic carbocycles. The van der Waals surface area contributed by atoms with Crippen molar-refractivity contribution < 1.29 is 22.6 Å². The Morgan fingerprint density at radius 1 is 1.00 bits per heavy atom. The number of hydrogen-bond donors (Lipinski definition) is 0. The molecular formula is C19H14ClF3O2. The van der Waals surface area contributed by atoms with Gasteiger partial charge in [0.25, 0.3) is 0 Å². The number of methoxy groups -OCH3 is 2. The lowest BCUT2D eigenvalue weighted by atomic mass is 10.0.